The van der Waals surface area contributed by atoms with Gasteiger partial charge in [0, 0.05) is 7.11 Å². The van der Waals surface area contributed by atoms with E-state index < -0.39 is 11.1 Å². The molecular formula is C6H12O3S. The summed E-state index contributed by atoms with van der Waals surface area (Å²) in [5.41, 5.74) is -0.264. The van der Waals surface area contributed by atoms with E-state index in [1.54, 1.807) is 7.11 Å². The molecule has 1 saturated carbocycles. The van der Waals surface area contributed by atoms with Gasteiger partial charge in [-0.3, -0.25) is 0 Å². The molecule has 0 aromatic rings. The van der Waals surface area contributed by atoms with Gasteiger partial charge in [-0.2, -0.15) is 0 Å². The first-order valence-corrected chi connectivity index (χ1v) is 4.59. The number of hydrogen-bond donors (Lipinski definition) is 1. The Morgan fingerprint density at radius 2 is 2.30 bits per heavy atom. The Hall–Kier alpha value is 0.0700. The van der Waals surface area contributed by atoms with Gasteiger partial charge in [-0.1, -0.05) is 0 Å². The van der Waals surface area contributed by atoms with Gasteiger partial charge in [0.15, 0.2) is 11.1 Å². The van der Waals surface area contributed by atoms with E-state index in [1.165, 1.54) is 0 Å². The number of methoxy groups -OCH3 is 1. The van der Waals surface area contributed by atoms with Crippen LogP contribution < -0.4 is 0 Å². The molecule has 0 heterocycles. The van der Waals surface area contributed by atoms with Gasteiger partial charge < -0.3 is 9.29 Å². The van der Waals surface area contributed by atoms with Crippen molar-refractivity contribution in [3.8, 4) is 0 Å². The fourth-order valence-electron chi connectivity index (χ4n) is 1.20. The molecule has 0 aromatic heterocycles. The molecule has 0 spiro atoms. The summed E-state index contributed by atoms with van der Waals surface area (Å²) < 4.78 is 24.1. The predicted octanol–water partition coefficient (Wildman–Crippen LogP) is 0.777. The molecule has 1 rings (SSSR count). The molecule has 1 unspecified atom stereocenters. The van der Waals surface area contributed by atoms with Crippen molar-refractivity contribution in [3.05, 3.63) is 0 Å². The maximum absolute atomic E-state index is 10.4. The Morgan fingerprint density at radius 3 is 2.40 bits per heavy atom. The smallest absolute Gasteiger partial charge is 0.155 e. The minimum Gasteiger partial charge on any atom is -0.377 e. The van der Waals surface area contributed by atoms with E-state index in [2.05, 4.69) is 0 Å². The molecule has 60 valence electrons. The second-order valence-electron chi connectivity index (χ2n) is 2.71. The fraction of sp³-hybridized carbons (Fsp3) is 1.00. The molecule has 1 aliphatic rings. The Bertz CT molecular complexity index is 136. The summed E-state index contributed by atoms with van der Waals surface area (Å²) in [4.78, 5) is 0. The molecule has 0 amide bonds. The van der Waals surface area contributed by atoms with Gasteiger partial charge in [-0.25, -0.2) is 4.21 Å². The van der Waals surface area contributed by atoms with Crippen LogP contribution in [-0.4, -0.2) is 27.2 Å². The van der Waals surface area contributed by atoms with Gasteiger partial charge >= 0.3 is 0 Å². The lowest BCUT2D eigenvalue weighted by Gasteiger charge is -2.39. The van der Waals surface area contributed by atoms with Crippen LogP contribution in [0.4, 0.5) is 0 Å². The van der Waals surface area contributed by atoms with Gasteiger partial charge in [0.25, 0.3) is 0 Å². The first-order valence-electron chi connectivity index (χ1n) is 3.31. The van der Waals surface area contributed by atoms with Crippen LogP contribution in [0.3, 0.4) is 0 Å². The van der Waals surface area contributed by atoms with E-state index in [0.29, 0.717) is 0 Å². The van der Waals surface area contributed by atoms with Crippen LogP contribution in [-0.2, 0) is 15.8 Å². The predicted molar refractivity (Wildman–Crippen MR) is 39.2 cm³/mol. The lowest BCUT2D eigenvalue weighted by molar-refractivity contribution is -0.0526. The third-order valence-corrected chi connectivity index (χ3v) is 2.86. The van der Waals surface area contributed by atoms with E-state index in [0.717, 1.165) is 19.3 Å². The Balaban J connectivity index is 2.40. The van der Waals surface area contributed by atoms with Crippen molar-refractivity contribution in [1.82, 2.24) is 0 Å². The maximum atomic E-state index is 10.4. The van der Waals surface area contributed by atoms with Crippen molar-refractivity contribution < 1.29 is 13.5 Å². The summed E-state index contributed by atoms with van der Waals surface area (Å²) >= 11 is -1.71. The molecule has 1 fully saturated rings. The summed E-state index contributed by atoms with van der Waals surface area (Å²) in [7, 11) is 1.60. The summed E-state index contributed by atoms with van der Waals surface area (Å²) in [5.74, 6) is 0.267. The van der Waals surface area contributed by atoms with Crippen molar-refractivity contribution in [3.63, 3.8) is 0 Å². The normalized spacial score (nSPS) is 25.4. The van der Waals surface area contributed by atoms with Crippen LogP contribution in [0, 0.1) is 0 Å². The van der Waals surface area contributed by atoms with Crippen molar-refractivity contribution >= 4 is 11.1 Å². The summed E-state index contributed by atoms with van der Waals surface area (Å²) in [6.07, 6.45) is 2.97. The molecular weight excluding hydrogens is 152 g/mol. The molecule has 0 aliphatic heterocycles. The zero-order valence-electron chi connectivity index (χ0n) is 6.00. The van der Waals surface area contributed by atoms with Crippen molar-refractivity contribution in [2.24, 2.45) is 0 Å². The van der Waals surface area contributed by atoms with Crippen LogP contribution >= 0.6 is 0 Å². The van der Waals surface area contributed by atoms with E-state index in [-0.39, 0.29) is 11.4 Å². The second-order valence-corrected chi connectivity index (χ2v) is 3.64. The van der Waals surface area contributed by atoms with Crippen LogP contribution in [0.25, 0.3) is 0 Å². The summed E-state index contributed by atoms with van der Waals surface area (Å²) in [6, 6.07) is 0. The highest BCUT2D eigenvalue weighted by molar-refractivity contribution is 7.79. The fourth-order valence-corrected chi connectivity index (χ4v) is 2.06. The maximum Gasteiger partial charge on any atom is 0.155 e. The molecule has 10 heavy (non-hydrogen) atoms. The topological polar surface area (TPSA) is 46.5 Å². The zero-order chi connectivity index (χ0) is 7.61. The Labute approximate surface area is 63.0 Å². The first-order chi connectivity index (χ1) is 4.68. The average Bonchev–Trinajstić information content (AvgIpc) is 1.78. The number of hydrogen-bond acceptors (Lipinski definition) is 2. The van der Waals surface area contributed by atoms with Crippen LogP contribution in [0.1, 0.15) is 19.3 Å². The standard InChI is InChI=1S/C6H12O3S/c1-9-6(3-2-4-6)5-10(7)8/h2-5H2,1H3,(H,7,8). The SMILES string of the molecule is COC1(CS(=O)O)CCC1. The van der Waals surface area contributed by atoms with E-state index in [4.69, 9.17) is 9.29 Å². The molecule has 3 nitrogen and oxygen atoms in total. The molecule has 1 N–H and O–H groups in total. The lowest BCUT2D eigenvalue weighted by atomic mass is 9.82. The molecule has 1 atom stereocenters. The molecule has 0 radical (unpaired) electrons. The van der Waals surface area contributed by atoms with Crippen molar-refractivity contribution in [2.45, 2.75) is 24.9 Å². The van der Waals surface area contributed by atoms with Gasteiger partial charge in [-0.15, -0.1) is 0 Å². The summed E-state index contributed by atoms with van der Waals surface area (Å²) in [6.45, 7) is 0. The van der Waals surface area contributed by atoms with Gasteiger partial charge in [0.05, 0.1) is 11.4 Å². The second kappa shape index (κ2) is 2.98. The molecule has 0 aromatic carbocycles. The van der Waals surface area contributed by atoms with E-state index in [9.17, 15) is 4.21 Å². The number of rotatable bonds is 3. The highest BCUT2D eigenvalue weighted by atomic mass is 32.2. The van der Waals surface area contributed by atoms with Crippen molar-refractivity contribution in [2.75, 3.05) is 12.9 Å². The summed E-state index contributed by atoms with van der Waals surface area (Å²) in [5, 5.41) is 0. The Morgan fingerprint density at radius 1 is 1.70 bits per heavy atom. The quantitative estimate of drug-likeness (QED) is 0.627. The highest BCUT2D eigenvalue weighted by Crippen LogP contribution is 2.35. The van der Waals surface area contributed by atoms with Gasteiger partial charge in [0.1, 0.15) is 0 Å². The van der Waals surface area contributed by atoms with Crippen LogP contribution in [0.5, 0.6) is 0 Å². The first kappa shape index (κ1) is 8.17. The Kier molecular flexibility index (Phi) is 2.44. The van der Waals surface area contributed by atoms with Crippen LogP contribution in [0.15, 0.2) is 0 Å². The largest absolute Gasteiger partial charge is 0.377 e. The lowest BCUT2D eigenvalue weighted by Crippen LogP contribution is -2.44. The molecule has 1 aliphatic carbocycles. The minimum absolute atomic E-state index is 0.264. The minimum atomic E-state index is -1.71. The third-order valence-electron chi connectivity index (χ3n) is 2.08. The van der Waals surface area contributed by atoms with Crippen LogP contribution in [0.2, 0.25) is 0 Å². The van der Waals surface area contributed by atoms with Gasteiger partial charge in [-0.05, 0) is 19.3 Å². The van der Waals surface area contributed by atoms with E-state index in [1.807, 2.05) is 0 Å². The third kappa shape index (κ3) is 1.56. The molecule has 0 bridgehead atoms. The van der Waals surface area contributed by atoms with E-state index >= 15 is 0 Å². The van der Waals surface area contributed by atoms with Gasteiger partial charge in [0.2, 0.25) is 0 Å². The zero-order valence-corrected chi connectivity index (χ0v) is 6.82. The number of ether oxygens (including phenoxy) is 1. The average molecular weight is 164 g/mol. The monoisotopic (exact) mass is 164 g/mol. The molecule has 4 heteroatoms. The highest BCUT2D eigenvalue weighted by Gasteiger charge is 2.38. The molecule has 0 saturated heterocycles. The van der Waals surface area contributed by atoms with Crippen molar-refractivity contribution in [1.29, 1.82) is 0 Å².